The van der Waals surface area contributed by atoms with Gasteiger partial charge in [-0.2, -0.15) is 5.10 Å². The number of aryl methyl sites for hydroxylation is 1. The average molecular weight is 304 g/mol. The molecule has 0 spiro atoms. The van der Waals surface area contributed by atoms with Gasteiger partial charge in [0.15, 0.2) is 0 Å². The van der Waals surface area contributed by atoms with Crippen LogP contribution in [0, 0.1) is 12.7 Å². The number of hydrogen-bond acceptors (Lipinski definition) is 3. The fourth-order valence-corrected chi connectivity index (χ4v) is 2.72. The number of pyridine rings is 2. The van der Waals surface area contributed by atoms with Gasteiger partial charge in [-0.05, 0) is 42.8 Å². The molecule has 0 saturated carbocycles. The van der Waals surface area contributed by atoms with Crippen LogP contribution in [0.5, 0.6) is 0 Å². The molecule has 23 heavy (non-hydrogen) atoms. The SMILES string of the molecule is Cc1cccc(-c2[nH]ncc2-c2ccnc3cc(F)ccc23)n1. The largest absolute Gasteiger partial charge is 0.276 e. The maximum absolute atomic E-state index is 13.4. The van der Waals surface area contributed by atoms with Gasteiger partial charge in [-0.25, -0.2) is 4.39 Å². The number of nitrogens with zero attached hydrogens (tertiary/aromatic N) is 3. The Labute approximate surface area is 132 Å². The van der Waals surface area contributed by atoms with E-state index in [4.69, 9.17) is 0 Å². The van der Waals surface area contributed by atoms with Crippen LogP contribution in [0.25, 0.3) is 33.4 Å². The monoisotopic (exact) mass is 304 g/mol. The minimum Gasteiger partial charge on any atom is -0.276 e. The van der Waals surface area contributed by atoms with Crippen LogP contribution < -0.4 is 0 Å². The predicted octanol–water partition coefficient (Wildman–Crippen LogP) is 4.13. The fraction of sp³-hybridized carbons (Fsp3) is 0.0556. The second-order valence-corrected chi connectivity index (χ2v) is 5.34. The van der Waals surface area contributed by atoms with Gasteiger partial charge in [0.05, 0.1) is 23.1 Å². The number of aromatic nitrogens is 4. The van der Waals surface area contributed by atoms with Gasteiger partial charge in [0.1, 0.15) is 5.82 Å². The molecule has 4 nitrogen and oxygen atoms in total. The van der Waals surface area contributed by atoms with Crippen molar-refractivity contribution in [2.45, 2.75) is 6.92 Å². The normalized spacial score (nSPS) is 11.0. The Balaban J connectivity index is 1.95. The minimum absolute atomic E-state index is 0.296. The predicted molar refractivity (Wildman–Crippen MR) is 87.3 cm³/mol. The van der Waals surface area contributed by atoms with Crippen LogP contribution in [0.3, 0.4) is 0 Å². The van der Waals surface area contributed by atoms with Crippen molar-refractivity contribution in [3.63, 3.8) is 0 Å². The Hall–Kier alpha value is -3.08. The summed E-state index contributed by atoms with van der Waals surface area (Å²) in [6, 6.07) is 12.4. The molecule has 0 atom stereocenters. The van der Waals surface area contributed by atoms with Crippen LogP contribution >= 0.6 is 0 Å². The van der Waals surface area contributed by atoms with Crippen molar-refractivity contribution in [2.75, 3.05) is 0 Å². The summed E-state index contributed by atoms with van der Waals surface area (Å²) < 4.78 is 13.4. The maximum atomic E-state index is 13.4. The first-order valence-electron chi connectivity index (χ1n) is 7.24. The summed E-state index contributed by atoms with van der Waals surface area (Å²) in [5, 5.41) is 8.07. The van der Waals surface area contributed by atoms with E-state index in [1.54, 1.807) is 18.5 Å². The third kappa shape index (κ3) is 2.36. The molecular formula is C18H13FN4. The molecule has 0 unspecified atom stereocenters. The Bertz CT molecular complexity index is 1010. The quantitative estimate of drug-likeness (QED) is 0.605. The van der Waals surface area contributed by atoms with Gasteiger partial charge >= 0.3 is 0 Å². The van der Waals surface area contributed by atoms with E-state index in [-0.39, 0.29) is 5.82 Å². The smallest absolute Gasteiger partial charge is 0.125 e. The topological polar surface area (TPSA) is 54.5 Å². The molecule has 0 bridgehead atoms. The molecule has 0 aliphatic rings. The molecule has 5 heteroatoms. The van der Waals surface area contributed by atoms with Gasteiger partial charge < -0.3 is 0 Å². The molecule has 1 aromatic carbocycles. The first-order valence-corrected chi connectivity index (χ1v) is 7.24. The van der Waals surface area contributed by atoms with Crippen molar-refractivity contribution < 1.29 is 4.39 Å². The first-order chi connectivity index (χ1) is 11.2. The van der Waals surface area contributed by atoms with Crippen LogP contribution in [0.15, 0.2) is 54.9 Å². The van der Waals surface area contributed by atoms with Crippen LogP contribution in [0.4, 0.5) is 4.39 Å². The molecule has 1 N–H and O–H groups in total. The van der Waals surface area contributed by atoms with Crippen molar-refractivity contribution in [1.82, 2.24) is 20.2 Å². The molecular weight excluding hydrogens is 291 g/mol. The van der Waals surface area contributed by atoms with E-state index < -0.39 is 0 Å². The summed E-state index contributed by atoms with van der Waals surface area (Å²) in [5.41, 5.74) is 5.08. The molecule has 0 fully saturated rings. The van der Waals surface area contributed by atoms with Gasteiger partial charge in [-0.1, -0.05) is 6.07 Å². The van der Waals surface area contributed by atoms with Gasteiger partial charge in [0, 0.05) is 28.9 Å². The number of nitrogens with one attached hydrogen (secondary N) is 1. The Morgan fingerprint density at radius 3 is 2.83 bits per heavy atom. The lowest BCUT2D eigenvalue weighted by atomic mass is 10.0. The Morgan fingerprint density at radius 1 is 1.04 bits per heavy atom. The second-order valence-electron chi connectivity index (χ2n) is 5.34. The molecule has 0 aliphatic heterocycles. The van der Waals surface area contributed by atoms with Gasteiger partial charge in [-0.15, -0.1) is 0 Å². The summed E-state index contributed by atoms with van der Waals surface area (Å²) in [6.07, 6.45) is 3.44. The zero-order valence-corrected chi connectivity index (χ0v) is 12.4. The van der Waals surface area contributed by atoms with Crippen molar-refractivity contribution in [2.24, 2.45) is 0 Å². The molecule has 4 rings (SSSR count). The molecule has 0 amide bonds. The lowest BCUT2D eigenvalue weighted by Gasteiger charge is -2.07. The summed E-state index contributed by atoms with van der Waals surface area (Å²) in [4.78, 5) is 8.79. The van der Waals surface area contributed by atoms with Gasteiger partial charge in [-0.3, -0.25) is 15.1 Å². The zero-order valence-electron chi connectivity index (χ0n) is 12.4. The molecule has 0 radical (unpaired) electrons. The number of fused-ring (bicyclic) bond motifs is 1. The van der Waals surface area contributed by atoms with Crippen LogP contribution in [0.2, 0.25) is 0 Å². The van der Waals surface area contributed by atoms with Gasteiger partial charge in [0.2, 0.25) is 0 Å². The number of hydrogen-bond donors (Lipinski definition) is 1. The van der Waals surface area contributed by atoms with Crippen LogP contribution in [-0.4, -0.2) is 20.2 Å². The maximum Gasteiger partial charge on any atom is 0.125 e. The number of benzene rings is 1. The van der Waals surface area contributed by atoms with E-state index in [1.807, 2.05) is 31.2 Å². The van der Waals surface area contributed by atoms with E-state index in [2.05, 4.69) is 20.2 Å². The number of aromatic amines is 1. The highest BCUT2D eigenvalue weighted by molar-refractivity contribution is 5.97. The third-order valence-corrected chi connectivity index (χ3v) is 3.78. The molecule has 3 heterocycles. The summed E-state index contributed by atoms with van der Waals surface area (Å²) in [5.74, 6) is -0.296. The molecule has 3 aromatic heterocycles. The second kappa shape index (κ2) is 5.28. The highest BCUT2D eigenvalue weighted by atomic mass is 19.1. The Kier molecular flexibility index (Phi) is 3.12. The van der Waals surface area contributed by atoms with Crippen molar-refractivity contribution in [3.05, 3.63) is 66.4 Å². The van der Waals surface area contributed by atoms with Crippen LogP contribution in [-0.2, 0) is 0 Å². The number of halogens is 1. The molecule has 0 saturated heterocycles. The Morgan fingerprint density at radius 2 is 1.96 bits per heavy atom. The van der Waals surface area contributed by atoms with E-state index in [0.29, 0.717) is 5.52 Å². The minimum atomic E-state index is -0.296. The molecule has 4 aromatic rings. The van der Waals surface area contributed by atoms with Crippen molar-refractivity contribution >= 4 is 10.9 Å². The van der Waals surface area contributed by atoms with E-state index in [1.165, 1.54) is 12.1 Å². The summed E-state index contributed by atoms with van der Waals surface area (Å²) in [6.45, 7) is 1.95. The van der Waals surface area contributed by atoms with Gasteiger partial charge in [0.25, 0.3) is 0 Å². The lowest BCUT2D eigenvalue weighted by molar-refractivity contribution is 0.629. The standard InChI is InChI=1S/C18H13FN4/c1-11-3-2-4-16(22-11)18-15(10-21-23-18)13-7-8-20-17-9-12(19)5-6-14(13)17/h2-10H,1H3,(H,21,23). The average Bonchev–Trinajstić information content (AvgIpc) is 3.03. The zero-order chi connectivity index (χ0) is 15.8. The molecule has 0 aliphatic carbocycles. The number of rotatable bonds is 2. The summed E-state index contributed by atoms with van der Waals surface area (Å²) in [7, 11) is 0. The van der Waals surface area contributed by atoms with E-state index in [0.717, 1.165) is 33.6 Å². The highest BCUT2D eigenvalue weighted by Gasteiger charge is 2.14. The third-order valence-electron chi connectivity index (χ3n) is 3.78. The van der Waals surface area contributed by atoms with Crippen LogP contribution in [0.1, 0.15) is 5.69 Å². The molecule has 112 valence electrons. The number of H-pyrrole nitrogens is 1. The van der Waals surface area contributed by atoms with Crippen molar-refractivity contribution in [3.8, 4) is 22.5 Å². The highest BCUT2D eigenvalue weighted by Crippen LogP contribution is 2.33. The summed E-state index contributed by atoms with van der Waals surface area (Å²) >= 11 is 0. The fourth-order valence-electron chi connectivity index (χ4n) is 2.72. The van der Waals surface area contributed by atoms with Crippen molar-refractivity contribution in [1.29, 1.82) is 0 Å². The van der Waals surface area contributed by atoms with E-state index >= 15 is 0 Å². The lowest BCUT2D eigenvalue weighted by Crippen LogP contribution is -1.90. The van der Waals surface area contributed by atoms with E-state index in [9.17, 15) is 4.39 Å². The first kappa shape index (κ1) is 13.6.